The monoisotopic (exact) mass is 469 g/mol. The number of anilines is 1. The van der Waals surface area contributed by atoms with E-state index in [1.54, 1.807) is 30.3 Å². The lowest BCUT2D eigenvalue weighted by Crippen LogP contribution is -2.52. The first-order chi connectivity index (χ1) is 16.3. The third-order valence-electron chi connectivity index (χ3n) is 6.05. The molecule has 0 saturated heterocycles. The van der Waals surface area contributed by atoms with Crippen LogP contribution in [0.25, 0.3) is 0 Å². The number of nitrogens with zero attached hydrogens (tertiary/aromatic N) is 2. The number of halogens is 1. The highest BCUT2D eigenvalue weighted by Crippen LogP contribution is 2.26. The molecule has 184 valence electrons. The predicted octanol–water partition coefficient (Wildman–Crippen LogP) is 5.01. The van der Waals surface area contributed by atoms with Crippen LogP contribution in [-0.2, 0) is 20.8 Å². The average Bonchev–Trinajstić information content (AvgIpc) is 2.81. The number of benzene rings is 1. The zero-order chi connectivity index (χ0) is 25.1. The molecule has 0 bridgehead atoms. The number of allylic oxidation sites excluding steroid dienone is 3. The molecular formula is C27H36FN3O3. The maximum absolute atomic E-state index is 14.6. The molecule has 1 aromatic carbocycles. The molecule has 0 saturated carbocycles. The van der Waals surface area contributed by atoms with Crippen LogP contribution in [0, 0.1) is 5.82 Å². The van der Waals surface area contributed by atoms with Gasteiger partial charge in [-0.2, -0.15) is 0 Å². The Kier molecular flexibility index (Phi) is 10.9. The van der Waals surface area contributed by atoms with Crippen molar-refractivity contribution >= 4 is 23.9 Å². The molecule has 7 heteroatoms. The first-order valence-electron chi connectivity index (χ1n) is 11.9. The first-order valence-corrected chi connectivity index (χ1v) is 11.9. The van der Waals surface area contributed by atoms with E-state index in [0.717, 1.165) is 41.7 Å². The highest BCUT2D eigenvalue weighted by atomic mass is 19.1. The number of amides is 3. The highest BCUT2D eigenvalue weighted by molar-refractivity contribution is 6.07. The number of hydrogen-bond acceptors (Lipinski definition) is 4. The van der Waals surface area contributed by atoms with E-state index >= 15 is 0 Å². The first kappa shape index (κ1) is 27.2. The van der Waals surface area contributed by atoms with Crippen molar-refractivity contribution in [2.45, 2.75) is 71.8 Å². The summed E-state index contributed by atoms with van der Waals surface area (Å²) in [4.78, 5) is 37.6. The molecule has 1 unspecified atom stereocenters. The molecule has 1 aliphatic heterocycles. The molecular weight excluding hydrogens is 433 g/mol. The molecule has 0 radical (unpaired) electrons. The second-order valence-corrected chi connectivity index (χ2v) is 8.57. The number of carbonyl (C=O) groups is 3. The summed E-state index contributed by atoms with van der Waals surface area (Å²) in [5.74, 6) is -1.21. The third-order valence-corrected chi connectivity index (χ3v) is 6.05. The van der Waals surface area contributed by atoms with Crippen molar-refractivity contribution in [3.8, 4) is 0 Å². The van der Waals surface area contributed by atoms with Crippen LogP contribution in [0.4, 0.5) is 10.1 Å². The summed E-state index contributed by atoms with van der Waals surface area (Å²) in [6.45, 7) is 5.92. The van der Waals surface area contributed by atoms with Crippen molar-refractivity contribution in [1.29, 1.82) is 0 Å². The van der Waals surface area contributed by atoms with Gasteiger partial charge in [-0.3, -0.25) is 24.7 Å². The fourth-order valence-corrected chi connectivity index (χ4v) is 4.05. The van der Waals surface area contributed by atoms with E-state index in [0.29, 0.717) is 24.8 Å². The standard InChI is InChI=1S/C27H36FN3O3/c1-5-7-9-10-12-14-26(33)31(19-32)25-18-21(15-16-23(25)28)17-24-20(3)22(13-11-8-6-2)27(34)29-30(24)4/h6,8,11,13,15-16,18-19,24H,5,7,9-10,12,14,17H2,1-4H3,(H,29,34)/b8-6-,13-11-. The maximum Gasteiger partial charge on any atom is 0.265 e. The molecule has 0 spiro atoms. The van der Waals surface area contributed by atoms with Crippen LogP contribution in [0.2, 0.25) is 0 Å². The number of unbranched alkanes of at least 4 members (excludes halogenated alkanes) is 4. The van der Waals surface area contributed by atoms with E-state index in [9.17, 15) is 18.8 Å². The summed E-state index contributed by atoms with van der Waals surface area (Å²) in [5, 5.41) is 1.73. The molecule has 0 aromatic heterocycles. The molecule has 1 heterocycles. The van der Waals surface area contributed by atoms with Crippen LogP contribution in [0.1, 0.15) is 64.9 Å². The Morgan fingerprint density at radius 1 is 1.21 bits per heavy atom. The van der Waals surface area contributed by atoms with Crippen molar-refractivity contribution in [1.82, 2.24) is 10.4 Å². The number of likely N-dealkylation sites (N-methyl/N-ethyl adjacent to an activating group) is 1. The van der Waals surface area contributed by atoms with Gasteiger partial charge in [-0.15, -0.1) is 0 Å². The van der Waals surface area contributed by atoms with Crippen molar-refractivity contribution in [3.05, 3.63) is 65.0 Å². The summed E-state index contributed by atoms with van der Waals surface area (Å²) < 4.78 is 14.6. The minimum atomic E-state index is -0.622. The van der Waals surface area contributed by atoms with E-state index in [1.807, 2.05) is 32.1 Å². The number of rotatable bonds is 12. The Hall–Kier alpha value is -3.06. The third kappa shape index (κ3) is 7.22. The quantitative estimate of drug-likeness (QED) is 0.265. The van der Waals surface area contributed by atoms with Crippen LogP contribution >= 0.6 is 0 Å². The summed E-state index contributed by atoms with van der Waals surface area (Å²) in [6, 6.07) is 4.30. The molecule has 1 atom stereocenters. The Bertz CT molecular complexity index is 968. The van der Waals surface area contributed by atoms with Gasteiger partial charge in [0.05, 0.1) is 11.7 Å². The van der Waals surface area contributed by atoms with Crippen LogP contribution in [0.5, 0.6) is 0 Å². The van der Waals surface area contributed by atoms with Crippen molar-refractivity contribution < 1.29 is 18.8 Å². The molecule has 0 fully saturated rings. The molecule has 6 nitrogen and oxygen atoms in total. The molecule has 1 aromatic rings. The maximum atomic E-state index is 14.6. The van der Waals surface area contributed by atoms with Gasteiger partial charge >= 0.3 is 0 Å². The normalized spacial score (nSPS) is 17.0. The van der Waals surface area contributed by atoms with Gasteiger partial charge in [0, 0.05) is 19.0 Å². The number of imide groups is 1. The Labute approximate surface area is 202 Å². The van der Waals surface area contributed by atoms with Crippen LogP contribution in [0.15, 0.2) is 53.6 Å². The number of nitrogens with one attached hydrogen (secondary N) is 1. The van der Waals surface area contributed by atoms with Gasteiger partial charge in [0.1, 0.15) is 5.82 Å². The van der Waals surface area contributed by atoms with Gasteiger partial charge in [0.2, 0.25) is 12.3 Å². The number of hydrazine groups is 1. The lowest BCUT2D eigenvalue weighted by molar-refractivity contribution is -0.123. The zero-order valence-corrected chi connectivity index (χ0v) is 20.6. The molecule has 1 aliphatic rings. The lowest BCUT2D eigenvalue weighted by Gasteiger charge is -2.35. The molecule has 0 aliphatic carbocycles. The van der Waals surface area contributed by atoms with E-state index in [4.69, 9.17) is 0 Å². The predicted molar refractivity (Wildman–Crippen MR) is 133 cm³/mol. The van der Waals surface area contributed by atoms with Crippen LogP contribution < -0.4 is 10.3 Å². The summed E-state index contributed by atoms with van der Waals surface area (Å²) >= 11 is 0. The SMILES string of the molecule is C/C=C\C=C/C1=C(C)C(Cc2ccc(F)c(N(C=O)C(=O)CCCCCCC)c2)N(C)NC1=O. The molecule has 3 amide bonds. The topological polar surface area (TPSA) is 69.7 Å². The Balaban J connectivity index is 2.23. The Morgan fingerprint density at radius 2 is 1.94 bits per heavy atom. The van der Waals surface area contributed by atoms with Gasteiger partial charge in [-0.1, -0.05) is 56.9 Å². The fourth-order valence-electron chi connectivity index (χ4n) is 4.05. The molecule has 2 rings (SSSR count). The number of hydrogen-bond donors (Lipinski definition) is 1. The summed E-state index contributed by atoms with van der Waals surface area (Å²) in [6.07, 6.45) is 13.2. The van der Waals surface area contributed by atoms with Gasteiger partial charge in [-0.25, -0.2) is 9.40 Å². The number of carbonyl (C=O) groups excluding carboxylic acids is 3. The smallest absolute Gasteiger partial charge is 0.265 e. The largest absolute Gasteiger partial charge is 0.284 e. The lowest BCUT2D eigenvalue weighted by atomic mass is 9.93. The van der Waals surface area contributed by atoms with Gasteiger partial charge in [-0.05, 0) is 56.0 Å². The highest BCUT2D eigenvalue weighted by Gasteiger charge is 2.29. The van der Waals surface area contributed by atoms with Crippen molar-refractivity contribution in [3.63, 3.8) is 0 Å². The molecule has 34 heavy (non-hydrogen) atoms. The molecule has 1 N–H and O–H groups in total. The van der Waals surface area contributed by atoms with E-state index < -0.39 is 11.7 Å². The minimum Gasteiger partial charge on any atom is -0.284 e. The zero-order valence-electron chi connectivity index (χ0n) is 20.6. The van der Waals surface area contributed by atoms with E-state index in [-0.39, 0.29) is 24.1 Å². The Morgan fingerprint density at radius 3 is 2.62 bits per heavy atom. The van der Waals surface area contributed by atoms with Crippen LogP contribution in [-0.4, -0.2) is 36.3 Å². The summed E-state index contributed by atoms with van der Waals surface area (Å²) in [7, 11) is 1.78. The van der Waals surface area contributed by atoms with Gasteiger partial charge in [0.25, 0.3) is 5.91 Å². The van der Waals surface area contributed by atoms with Crippen LogP contribution in [0.3, 0.4) is 0 Å². The van der Waals surface area contributed by atoms with Crippen molar-refractivity contribution in [2.24, 2.45) is 0 Å². The average molecular weight is 470 g/mol. The second-order valence-electron chi connectivity index (χ2n) is 8.57. The van der Waals surface area contributed by atoms with Crippen molar-refractivity contribution in [2.75, 3.05) is 11.9 Å². The second kappa shape index (κ2) is 13.6. The summed E-state index contributed by atoms with van der Waals surface area (Å²) in [5.41, 5.74) is 5.02. The minimum absolute atomic E-state index is 0.0385. The van der Waals surface area contributed by atoms with E-state index in [2.05, 4.69) is 12.3 Å². The van der Waals surface area contributed by atoms with Gasteiger partial charge < -0.3 is 0 Å². The van der Waals surface area contributed by atoms with Gasteiger partial charge in [0.15, 0.2) is 0 Å². The van der Waals surface area contributed by atoms with E-state index in [1.165, 1.54) is 6.07 Å². The fraction of sp³-hybridized carbons (Fsp3) is 0.444.